The first kappa shape index (κ1) is 28.0. The van der Waals surface area contributed by atoms with E-state index >= 15 is 0 Å². The molecule has 2 aromatic rings. The van der Waals surface area contributed by atoms with Gasteiger partial charge in [0.25, 0.3) is 5.91 Å². The number of piperidine rings is 1. The number of likely N-dealkylation sites (tertiary alicyclic amines) is 1. The molecule has 1 atom stereocenters. The average Bonchev–Trinajstić information content (AvgIpc) is 2.94. The van der Waals surface area contributed by atoms with Crippen LogP contribution in [0.2, 0.25) is 5.15 Å². The smallest absolute Gasteiger partial charge is 0.273 e. The Morgan fingerprint density at radius 1 is 1.26 bits per heavy atom. The van der Waals surface area contributed by atoms with E-state index in [0.29, 0.717) is 23.6 Å². The average molecular weight is 542 g/mol. The normalized spacial score (nSPS) is 19.3. The van der Waals surface area contributed by atoms with Crippen molar-refractivity contribution in [2.75, 3.05) is 56.5 Å². The van der Waals surface area contributed by atoms with Gasteiger partial charge < -0.3 is 21.1 Å². The standard InChI is InChI=1S/C26H36ClN9O2/c1-2-3-21-17-35(25-23(27)32-22(24(29)33-25)26(38)30-8-13-37)11-12-36(21)20-6-9-34(10-7-20)16-18-4-5-19(14-28)31-15-18/h4-5,15,20-21,37H,2-3,6-13,16-17H2,1H3,(H2,29,33)(H,30,38)/t21-/m0/s1. The monoisotopic (exact) mass is 541 g/mol. The highest BCUT2D eigenvalue weighted by Gasteiger charge is 2.35. The number of amides is 1. The van der Waals surface area contributed by atoms with Crippen molar-refractivity contribution in [2.24, 2.45) is 0 Å². The molecule has 11 nitrogen and oxygen atoms in total. The number of anilines is 2. The highest BCUT2D eigenvalue weighted by atomic mass is 35.5. The summed E-state index contributed by atoms with van der Waals surface area (Å²) in [6.07, 6.45) is 6.15. The van der Waals surface area contributed by atoms with E-state index in [1.165, 1.54) is 0 Å². The Kier molecular flexibility index (Phi) is 9.69. The lowest BCUT2D eigenvalue weighted by Gasteiger charge is -2.48. The Balaban J connectivity index is 1.37. The van der Waals surface area contributed by atoms with Crippen LogP contribution in [0.3, 0.4) is 0 Å². The number of nitrogen functional groups attached to an aromatic ring is 1. The fourth-order valence-electron chi connectivity index (χ4n) is 5.42. The predicted molar refractivity (Wildman–Crippen MR) is 146 cm³/mol. The van der Waals surface area contributed by atoms with E-state index in [4.69, 9.17) is 27.7 Å². The molecule has 0 spiro atoms. The number of aromatic nitrogens is 3. The molecule has 2 aliphatic heterocycles. The van der Waals surface area contributed by atoms with Crippen molar-refractivity contribution in [3.63, 3.8) is 0 Å². The largest absolute Gasteiger partial charge is 0.395 e. The van der Waals surface area contributed by atoms with Crippen LogP contribution in [0, 0.1) is 11.3 Å². The summed E-state index contributed by atoms with van der Waals surface area (Å²) in [6, 6.07) is 6.72. The summed E-state index contributed by atoms with van der Waals surface area (Å²) in [5.41, 5.74) is 7.63. The molecule has 2 saturated heterocycles. The fourth-order valence-corrected chi connectivity index (χ4v) is 5.67. The third kappa shape index (κ3) is 6.69. The van der Waals surface area contributed by atoms with Crippen molar-refractivity contribution in [3.05, 3.63) is 40.4 Å². The second-order valence-electron chi connectivity index (χ2n) is 9.85. The topological polar surface area (TPSA) is 148 Å². The zero-order valence-corrected chi connectivity index (χ0v) is 22.6. The van der Waals surface area contributed by atoms with Gasteiger partial charge in [0.15, 0.2) is 22.5 Å². The molecule has 38 heavy (non-hydrogen) atoms. The first-order chi connectivity index (χ1) is 18.4. The number of pyridine rings is 1. The van der Waals surface area contributed by atoms with Crippen molar-refractivity contribution in [1.29, 1.82) is 5.26 Å². The molecule has 0 unspecified atom stereocenters. The molecule has 0 saturated carbocycles. The van der Waals surface area contributed by atoms with Gasteiger partial charge in [-0.05, 0) is 44.0 Å². The molecule has 2 fully saturated rings. The first-order valence-corrected chi connectivity index (χ1v) is 13.6. The Morgan fingerprint density at radius 3 is 2.71 bits per heavy atom. The summed E-state index contributed by atoms with van der Waals surface area (Å²) < 4.78 is 0. The van der Waals surface area contributed by atoms with Crippen molar-refractivity contribution in [1.82, 2.24) is 30.1 Å². The van der Waals surface area contributed by atoms with Crippen LogP contribution in [0.1, 0.15) is 54.4 Å². The van der Waals surface area contributed by atoms with Gasteiger partial charge in [-0.25, -0.2) is 15.0 Å². The highest BCUT2D eigenvalue weighted by Crippen LogP contribution is 2.30. The maximum absolute atomic E-state index is 12.3. The van der Waals surface area contributed by atoms with Gasteiger partial charge in [0.2, 0.25) is 0 Å². The molecule has 1 amide bonds. The third-order valence-corrected chi connectivity index (χ3v) is 7.55. The zero-order chi connectivity index (χ0) is 27.1. The Morgan fingerprint density at radius 2 is 2.05 bits per heavy atom. The molecule has 0 bridgehead atoms. The van der Waals surface area contributed by atoms with Crippen molar-refractivity contribution in [3.8, 4) is 6.07 Å². The van der Waals surface area contributed by atoms with Crippen LogP contribution in [0.25, 0.3) is 0 Å². The molecule has 2 aliphatic rings. The first-order valence-electron chi connectivity index (χ1n) is 13.2. The van der Waals surface area contributed by atoms with E-state index < -0.39 is 5.91 Å². The number of aliphatic hydroxyl groups excluding tert-OH is 1. The highest BCUT2D eigenvalue weighted by molar-refractivity contribution is 6.32. The minimum absolute atomic E-state index is 0.0270. The zero-order valence-electron chi connectivity index (χ0n) is 21.8. The summed E-state index contributed by atoms with van der Waals surface area (Å²) in [5.74, 6) is 0.0292. The predicted octanol–water partition coefficient (Wildman–Crippen LogP) is 1.66. The van der Waals surface area contributed by atoms with E-state index in [-0.39, 0.29) is 29.8 Å². The molecule has 2 aromatic heterocycles. The van der Waals surface area contributed by atoms with Crippen LogP contribution in [0.15, 0.2) is 18.3 Å². The number of nitrogens with zero attached hydrogens (tertiary/aromatic N) is 7. The lowest BCUT2D eigenvalue weighted by molar-refractivity contribution is 0.0589. The molecule has 4 N–H and O–H groups in total. The number of nitrogens with two attached hydrogens (primary N) is 1. The fraction of sp³-hybridized carbons (Fsp3) is 0.577. The number of halogens is 1. The molecule has 12 heteroatoms. The van der Waals surface area contributed by atoms with Gasteiger partial charge >= 0.3 is 0 Å². The number of carbonyl (C=O) groups excluding carboxylic acids is 1. The van der Waals surface area contributed by atoms with Gasteiger partial charge in [-0.2, -0.15) is 5.26 Å². The van der Waals surface area contributed by atoms with Gasteiger partial charge in [0.1, 0.15) is 11.8 Å². The molecule has 204 valence electrons. The Labute approximate surface area is 228 Å². The van der Waals surface area contributed by atoms with Gasteiger partial charge in [-0.15, -0.1) is 0 Å². The van der Waals surface area contributed by atoms with Crippen LogP contribution in [-0.2, 0) is 6.54 Å². The lowest BCUT2D eigenvalue weighted by atomic mass is 9.97. The summed E-state index contributed by atoms with van der Waals surface area (Å²) in [4.78, 5) is 32.4. The van der Waals surface area contributed by atoms with Crippen LogP contribution in [-0.4, -0.2) is 93.7 Å². The number of hydrogen-bond acceptors (Lipinski definition) is 10. The van der Waals surface area contributed by atoms with Gasteiger partial charge in [0.05, 0.1) is 6.61 Å². The number of carbonyl (C=O) groups is 1. The molecule has 4 rings (SSSR count). The number of hydrogen-bond donors (Lipinski definition) is 3. The summed E-state index contributed by atoms with van der Waals surface area (Å²) in [7, 11) is 0. The lowest BCUT2D eigenvalue weighted by Crippen LogP contribution is -2.58. The number of rotatable bonds is 9. The molecule has 4 heterocycles. The summed E-state index contributed by atoms with van der Waals surface area (Å²) in [5, 5.41) is 20.6. The number of aliphatic hydroxyl groups is 1. The maximum atomic E-state index is 12.3. The molecular formula is C26H36ClN9O2. The number of piperazine rings is 1. The third-order valence-electron chi connectivity index (χ3n) is 7.30. The molecule has 0 radical (unpaired) electrons. The van der Waals surface area contributed by atoms with Crippen LogP contribution in [0.4, 0.5) is 11.6 Å². The van der Waals surface area contributed by atoms with Gasteiger partial charge in [-0.1, -0.05) is 31.0 Å². The van der Waals surface area contributed by atoms with Crippen LogP contribution < -0.4 is 16.0 Å². The maximum Gasteiger partial charge on any atom is 0.273 e. The number of nitriles is 1. The second kappa shape index (κ2) is 13.2. The quantitative estimate of drug-likeness (QED) is 0.428. The van der Waals surface area contributed by atoms with Crippen LogP contribution >= 0.6 is 11.6 Å². The summed E-state index contributed by atoms with van der Waals surface area (Å²) in [6.45, 7) is 7.45. The van der Waals surface area contributed by atoms with Crippen LogP contribution in [0.5, 0.6) is 0 Å². The Hall–Kier alpha value is -3.04. The Bertz CT molecular complexity index is 1130. The van der Waals surface area contributed by atoms with Gasteiger partial charge in [0, 0.05) is 51.0 Å². The number of nitrogens with one attached hydrogen (secondary N) is 1. The van der Waals surface area contributed by atoms with Gasteiger partial charge in [-0.3, -0.25) is 14.6 Å². The van der Waals surface area contributed by atoms with E-state index in [0.717, 1.165) is 70.5 Å². The van der Waals surface area contributed by atoms with Crippen molar-refractivity contribution in [2.45, 2.75) is 51.2 Å². The molecule has 0 aromatic carbocycles. The molecule has 0 aliphatic carbocycles. The second-order valence-corrected chi connectivity index (χ2v) is 10.2. The van der Waals surface area contributed by atoms with E-state index in [1.807, 2.05) is 6.07 Å². The van der Waals surface area contributed by atoms with E-state index in [9.17, 15) is 4.79 Å². The molecular weight excluding hydrogens is 506 g/mol. The SMILES string of the molecule is CCC[C@H]1CN(c2nc(N)c(C(=O)NCCO)nc2Cl)CCN1C1CCN(Cc2ccc(C#N)nc2)CC1. The van der Waals surface area contributed by atoms with E-state index in [1.54, 1.807) is 12.3 Å². The van der Waals surface area contributed by atoms with E-state index in [2.05, 4.69) is 48.0 Å². The van der Waals surface area contributed by atoms with Crippen molar-refractivity contribution < 1.29 is 9.90 Å². The minimum atomic E-state index is -0.507. The minimum Gasteiger partial charge on any atom is -0.395 e. The van der Waals surface area contributed by atoms with Crippen molar-refractivity contribution >= 4 is 29.1 Å². The summed E-state index contributed by atoms with van der Waals surface area (Å²) >= 11 is 6.48.